The molecule has 2 heterocycles. The zero-order chi connectivity index (χ0) is 11.0. The van der Waals surface area contributed by atoms with E-state index in [4.69, 9.17) is 11.6 Å². The van der Waals surface area contributed by atoms with E-state index in [1.54, 1.807) is 6.92 Å². The van der Waals surface area contributed by atoms with Crippen molar-refractivity contribution >= 4 is 34.3 Å². The van der Waals surface area contributed by atoms with E-state index in [1.807, 2.05) is 6.26 Å². The average Bonchev–Trinajstić information content (AvgIpc) is 2.18. The van der Waals surface area contributed by atoms with Crippen molar-refractivity contribution in [3.05, 3.63) is 27.4 Å². The Hall–Kier alpha value is -1.07. The van der Waals surface area contributed by atoms with Gasteiger partial charge in [0.05, 0.1) is 5.39 Å². The number of hydrogen-bond donors (Lipinski definition) is 1. The maximum atomic E-state index is 11.6. The minimum Gasteiger partial charge on any atom is -0.310 e. The van der Waals surface area contributed by atoms with Gasteiger partial charge in [0.2, 0.25) is 0 Å². The Labute approximate surface area is 95.1 Å². The van der Waals surface area contributed by atoms with Crippen LogP contribution in [-0.4, -0.2) is 21.2 Å². The highest BCUT2D eigenvalue weighted by atomic mass is 35.5. The number of H-pyrrole nitrogens is 1. The molecule has 4 nitrogen and oxygen atoms in total. The molecule has 0 saturated heterocycles. The molecule has 0 aliphatic carbocycles. The number of aromatic amines is 1. The van der Waals surface area contributed by atoms with Crippen molar-refractivity contribution in [3.63, 3.8) is 0 Å². The summed E-state index contributed by atoms with van der Waals surface area (Å²) in [6.45, 7) is 1.74. The number of rotatable bonds is 1. The molecule has 0 aromatic carbocycles. The predicted octanol–water partition coefficient (Wildman–Crippen LogP) is 2.00. The number of halogens is 1. The highest BCUT2D eigenvalue weighted by Crippen LogP contribution is 2.23. The molecule has 0 saturated carbocycles. The van der Waals surface area contributed by atoms with Crippen LogP contribution < -0.4 is 5.56 Å². The molecule has 78 valence electrons. The van der Waals surface area contributed by atoms with Crippen LogP contribution in [0.2, 0.25) is 5.15 Å². The van der Waals surface area contributed by atoms with Crippen LogP contribution in [0.5, 0.6) is 0 Å². The van der Waals surface area contributed by atoms with Crippen molar-refractivity contribution in [3.8, 4) is 0 Å². The zero-order valence-corrected chi connectivity index (χ0v) is 9.74. The van der Waals surface area contributed by atoms with Crippen LogP contribution >= 0.6 is 23.4 Å². The summed E-state index contributed by atoms with van der Waals surface area (Å²) in [6.07, 6.45) is 1.87. The largest absolute Gasteiger partial charge is 0.310 e. The van der Waals surface area contributed by atoms with Crippen molar-refractivity contribution in [1.29, 1.82) is 0 Å². The predicted molar refractivity (Wildman–Crippen MR) is 61.7 cm³/mol. The van der Waals surface area contributed by atoms with Gasteiger partial charge < -0.3 is 4.98 Å². The SMILES string of the molecule is CSc1nc(Cl)cc2c(=O)[nH]c(C)nc12. The van der Waals surface area contributed by atoms with Gasteiger partial charge in [-0.05, 0) is 19.2 Å². The highest BCUT2D eigenvalue weighted by Gasteiger charge is 2.09. The maximum absolute atomic E-state index is 11.6. The molecule has 0 aliphatic rings. The first-order valence-electron chi connectivity index (χ1n) is 4.23. The molecule has 0 amide bonds. The summed E-state index contributed by atoms with van der Waals surface area (Å²) < 4.78 is 0. The van der Waals surface area contributed by atoms with Crippen LogP contribution in [0.1, 0.15) is 5.82 Å². The van der Waals surface area contributed by atoms with Gasteiger partial charge in [0.25, 0.3) is 5.56 Å². The molecule has 2 aromatic rings. The molecule has 0 radical (unpaired) electrons. The van der Waals surface area contributed by atoms with Gasteiger partial charge in [0.1, 0.15) is 21.5 Å². The summed E-state index contributed by atoms with van der Waals surface area (Å²) in [5.41, 5.74) is 0.422. The van der Waals surface area contributed by atoms with E-state index < -0.39 is 0 Å². The fourth-order valence-electron chi connectivity index (χ4n) is 1.34. The van der Waals surface area contributed by atoms with E-state index in [9.17, 15) is 4.79 Å². The molecule has 1 N–H and O–H groups in total. The minimum absolute atomic E-state index is 0.183. The fourth-order valence-corrected chi connectivity index (χ4v) is 2.12. The van der Waals surface area contributed by atoms with Crippen LogP contribution in [0.25, 0.3) is 10.9 Å². The average molecular weight is 242 g/mol. The molecular formula is C9H8ClN3OS. The molecule has 2 rings (SSSR count). The van der Waals surface area contributed by atoms with E-state index >= 15 is 0 Å². The topological polar surface area (TPSA) is 58.6 Å². The second-order valence-electron chi connectivity index (χ2n) is 3.00. The third-order valence-corrected chi connectivity index (χ3v) is 2.81. The smallest absolute Gasteiger partial charge is 0.258 e. The first kappa shape index (κ1) is 10.4. The van der Waals surface area contributed by atoms with E-state index in [2.05, 4.69) is 15.0 Å². The molecule has 0 fully saturated rings. The van der Waals surface area contributed by atoms with E-state index in [0.29, 0.717) is 26.9 Å². The van der Waals surface area contributed by atoms with Crippen LogP contribution in [0.15, 0.2) is 15.9 Å². The van der Waals surface area contributed by atoms with Gasteiger partial charge in [-0.25, -0.2) is 9.97 Å². The number of thioether (sulfide) groups is 1. The summed E-state index contributed by atoms with van der Waals surface area (Å²) in [5, 5.41) is 1.46. The first-order valence-corrected chi connectivity index (χ1v) is 5.83. The van der Waals surface area contributed by atoms with Crippen molar-refractivity contribution < 1.29 is 0 Å². The van der Waals surface area contributed by atoms with Crippen LogP contribution in [0.4, 0.5) is 0 Å². The van der Waals surface area contributed by atoms with Crippen LogP contribution in [0, 0.1) is 6.92 Å². The number of nitrogens with zero attached hydrogens (tertiary/aromatic N) is 2. The van der Waals surface area contributed by atoms with Crippen molar-refractivity contribution in [1.82, 2.24) is 15.0 Å². The lowest BCUT2D eigenvalue weighted by atomic mass is 10.3. The minimum atomic E-state index is -0.183. The first-order chi connectivity index (χ1) is 7.11. The van der Waals surface area contributed by atoms with Gasteiger partial charge in [0, 0.05) is 0 Å². The Kier molecular flexibility index (Phi) is 2.67. The maximum Gasteiger partial charge on any atom is 0.258 e. The number of hydrogen-bond acceptors (Lipinski definition) is 4. The van der Waals surface area contributed by atoms with Gasteiger partial charge in [-0.1, -0.05) is 11.6 Å². The Morgan fingerprint density at radius 3 is 2.87 bits per heavy atom. The molecule has 0 aliphatic heterocycles. The number of nitrogens with one attached hydrogen (secondary N) is 1. The summed E-state index contributed by atoms with van der Waals surface area (Å²) in [6, 6.07) is 1.53. The van der Waals surface area contributed by atoms with Crippen LogP contribution in [-0.2, 0) is 0 Å². The van der Waals surface area contributed by atoms with Crippen molar-refractivity contribution in [2.75, 3.05) is 6.26 Å². The zero-order valence-electron chi connectivity index (χ0n) is 8.17. The van der Waals surface area contributed by atoms with Gasteiger partial charge in [-0.2, -0.15) is 0 Å². The Bertz CT molecular complexity index is 581. The quantitative estimate of drug-likeness (QED) is 0.613. The van der Waals surface area contributed by atoms with E-state index in [0.717, 1.165) is 0 Å². The van der Waals surface area contributed by atoms with Crippen molar-refractivity contribution in [2.45, 2.75) is 11.9 Å². The van der Waals surface area contributed by atoms with Crippen LogP contribution in [0.3, 0.4) is 0 Å². The number of fused-ring (bicyclic) bond motifs is 1. The Morgan fingerprint density at radius 2 is 2.20 bits per heavy atom. The molecule has 0 bridgehead atoms. The third-order valence-electron chi connectivity index (χ3n) is 1.94. The molecule has 0 atom stereocenters. The van der Waals surface area contributed by atoms with Gasteiger partial charge >= 0.3 is 0 Å². The summed E-state index contributed by atoms with van der Waals surface area (Å²) >= 11 is 7.23. The molecule has 6 heteroatoms. The van der Waals surface area contributed by atoms with Gasteiger partial charge in [0.15, 0.2) is 0 Å². The second kappa shape index (κ2) is 3.83. The summed E-state index contributed by atoms with van der Waals surface area (Å²) in [4.78, 5) is 22.6. The summed E-state index contributed by atoms with van der Waals surface area (Å²) in [5.74, 6) is 0.576. The third kappa shape index (κ3) is 1.85. The lowest BCUT2D eigenvalue weighted by molar-refractivity contribution is 1.03. The summed E-state index contributed by atoms with van der Waals surface area (Å²) in [7, 11) is 0. The molecular weight excluding hydrogens is 234 g/mol. The Morgan fingerprint density at radius 1 is 1.47 bits per heavy atom. The highest BCUT2D eigenvalue weighted by molar-refractivity contribution is 7.98. The number of aromatic nitrogens is 3. The number of aryl methyl sites for hydroxylation is 1. The van der Waals surface area contributed by atoms with Gasteiger partial charge in [-0.3, -0.25) is 4.79 Å². The van der Waals surface area contributed by atoms with Gasteiger partial charge in [-0.15, -0.1) is 11.8 Å². The monoisotopic (exact) mass is 241 g/mol. The second-order valence-corrected chi connectivity index (χ2v) is 4.18. The fraction of sp³-hybridized carbons (Fsp3) is 0.222. The van der Waals surface area contributed by atoms with E-state index in [-0.39, 0.29) is 5.56 Å². The molecule has 15 heavy (non-hydrogen) atoms. The number of pyridine rings is 1. The lowest BCUT2D eigenvalue weighted by Gasteiger charge is -2.03. The molecule has 0 unspecified atom stereocenters. The molecule has 0 spiro atoms. The normalized spacial score (nSPS) is 10.9. The van der Waals surface area contributed by atoms with Crippen molar-refractivity contribution in [2.24, 2.45) is 0 Å². The lowest BCUT2D eigenvalue weighted by Crippen LogP contribution is -2.10. The standard InChI is InChI=1S/C9H8ClN3OS/c1-4-11-7-5(8(14)12-4)3-6(10)13-9(7)15-2/h3H,1-2H3,(H,11,12,14). The Balaban J connectivity index is 2.96. The van der Waals surface area contributed by atoms with E-state index in [1.165, 1.54) is 17.8 Å². The molecule has 2 aromatic heterocycles.